The van der Waals surface area contributed by atoms with Gasteiger partial charge < -0.3 is 15.5 Å². The van der Waals surface area contributed by atoms with Crippen molar-refractivity contribution in [2.45, 2.75) is 19.4 Å². The van der Waals surface area contributed by atoms with Crippen LogP contribution in [-0.4, -0.2) is 18.5 Å². The average Bonchev–Trinajstić information content (AvgIpc) is 3.19. The number of nitrogens with one attached hydrogen (secondary N) is 2. The number of rotatable bonds is 4. The van der Waals surface area contributed by atoms with Crippen LogP contribution in [0.15, 0.2) is 72.8 Å². The minimum atomic E-state index is -0.808. The molecule has 5 nitrogen and oxygen atoms in total. The molecule has 6 heteroatoms. The van der Waals surface area contributed by atoms with Crippen LogP contribution < -0.4 is 15.5 Å². The number of amides is 3. The first-order valence-electron chi connectivity index (χ1n) is 9.81. The van der Waals surface area contributed by atoms with Crippen LogP contribution in [-0.2, 0) is 11.2 Å². The lowest BCUT2D eigenvalue weighted by molar-refractivity contribution is -0.120. The summed E-state index contributed by atoms with van der Waals surface area (Å²) in [5.41, 5.74) is 4.24. The monoisotopic (exact) mass is 419 g/mol. The average molecular weight is 420 g/mol. The molecule has 1 heterocycles. The Morgan fingerprint density at radius 2 is 1.73 bits per heavy atom. The Morgan fingerprint density at radius 1 is 1.00 bits per heavy atom. The number of anilines is 2. The summed E-state index contributed by atoms with van der Waals surface area (Å²) in [6.45, 7) is 2.48. The van der Waals surface area contributed by atoms with Crippen LogP contribution >= 0.6 is 11.6 Å². The van der Waals surface area contributed by atoms with Crippen molar-refractivity contribution in [3.8, 4) is 0 Å². The van der Waals surface area contributed by atoms with Crippen LogP contribution in [0.25, 0.3) is 0 Å². The first-order chi connectivity index (χ1) is 14.5. The highest BCUT2D eigenvalue weighted by Gasteiger charge is 2.32. The van der Waals surface area contributed by atoms with Gasteiger partial charge >= 0.3 is 6.03 Å². The Morgan fingerprint density at radius 3 is 2.53 bits per heavy atom. The molecule has 1 aliphatic heterocycles. The molecule has 152 valence electrons. The Labute approximate surface area is 180 Å². The number of urea groups is 1. The molecule has 30 heavy (non-hydrogen) atoms. The van der Waals surface area contributed by atoms with Crippen molar-refractivity contribution in [2.75, 3.05) is 16.8 Å². The van der Waals surface area contributed by atoms with Crippen molar-refractivity contribution in [3.63, 3.8) is 0 Å². The minimum absolute atomic E-state index is 0.163. The van der Waals surface area contributed by atoms with Crippen molar-refractivity contribution in [1.29, 1.82) is 0 Å². The van der Waals surface area contributed by atoms with Gasteiger partial charge in [0.15, 0.2) is 0 Å². The zero-order valence-electron chi connectivity index (χ0n) is 16.6. The van der Waals surface area contributed by atoms with Crippen LogP contribution in [0.4, 0.5) is 16.2 Å². The summed E-state index contributed by atoms with van der Waals surface area (Å²) < 4.78 is 0. The van der Waals surface area contributed by atoms with E-state index in [-0.39, 0.29) is 5.91 Å². The maximum absolute atomic E-state index is 13.5. The predicted molar refractivity (Wildman–Crippen MR) is 120 cm³/mol. The number of hydrogen-bond acceptors (Lipinski definition) is 2. The van der Waals surface area contributed by atoms with E-state index in [0.29, 0.717) is 17.3 Å². The van der Waals surface area contributed by atoms with Gasteiger partial charge in [0.05, 0.1) is 0 Å². The molecule has 1 aliphatic rings. The quantitative estimate of drug-likeness (QED) is 0.618. The second-order valence-corrected chi connectivity index (χ2v) is 7.71. The van der Waals surface area contributed by atoms with Crippen molar-refractivity contribution in [2.24, 2.45) is 0 Å². The van der Waals surface area contributed by atoms with Gasteiger partial charge in [-0.2, -0.15) is 0 Å². The molecule has 0 aromatic heterocycles. The zero-order valence-corrected chi connectivity index (χ0v) is 17.3. The topological polar surface area (TPSA) is 61.4 Å². The lowest BCUT2D eigenvalue weighted by Gasteiger charge is -2.25. The molecule has 3 amide bonds. The standard InChI is InChI=1S/C24H22ClN3O2/c1-16-11-12-19(25)15-20(16)26-24(30)27-22(18-8-3-2-4-9-18)23(29)28-14-13-17-7-5-6-10-21(17)28/h2-12,15,22H,13-14H2,1H3,(H2,26,27,30)/t22-/m0/s1. The first-order valence-corrected chi connectivity index (χ1v) is 10.2. The number of benzene rings is 3. The van der Waals surface area contributed by atoms with Gasteiger partial charge in [0.2, 0.25) is 0 Å². The molecule has 4 rings (SSSR count). The van der Waals surface area contributed by atoms with E-state index in [0.717, 1.165) is 28.8 Å². The molecule has 0 bridgehead atoms. The molecule has 0 radical (unpaired) electrons. The summed E-state index contributed by atoms with van der Waals surface area (Å²) in [7, 11) is 0. The molecule has 1 atom stereocenters. The van der Waals surface area contributed by atoms with E-state index in [1.807, 2.05) is 67.6 Å². The largest absolute Gasteiger partial charge is 0.322 e. The predicted octanol–water partition coefficient (Wildman–Crippen LogP) is 5.10. The maximum Gasteiger partial charge on any atom is 0.320 e. The third kappa shape index (κ3) is 4.16. The SMILES string of the molecule is Cc1ccc(Cl)cc1NC(=O)N[C@H](C(=O)N1CCc2ccccc21)c1ccccc1. The number of fused-ring (bicyclic) bond motifs is 1. The first kappa shape index (κ1) is 20.0. The summed E-state index contributed by atoms with van der Waals surface area (Å²) in [6.07, 6.45) is 0.803. The fourth-order valence-corrected chi connectivity index (χ4v) is 3.85. The molecule has 0 saturated carbocycles. The van der Waals surface area contributed by atoms with E-state index >= 15 is 0 Å². The molecule has 3 aromatic rings. The summed E-state index contributed by atoms with van der Waals surface area (Å²) in [6, 6.07) is 21.2. The normalized spacial score (nSPS) is 13.5. The van der Waals surface area contributed by atoms with E-state index in [4.69, 9.17) is 11.6 Å². The van der Waals surface area contributed by atoms with Gasteiger partial charge in [-0.1, -0.05) is 66.2 Å². The molecule has 0 spiro atoms. The van der Waals surface area contributed by atoms with Gasteiger partial charge in [-0.05, 0) is 48.2 Å². The number of hydrogen-bond donors (Lipinski definition) is 2. The van der Waals surface area contributed by atoms with E-state index < -0.39 is 12.1 Å². The molecular weight excluding hydrogens is 398 g/mol. The number of carbonyl (C=O) groups excluding carboxylic acids is 2. The van der Waals surface area contributed by atoms with Crippen LogP contribution in [0.2, 0.25) is 5.02 Å². The van der Waals surface area contributed by atoms with Gasteiger partial charge in [-0.15, -0.1) is 0 Å². The molecule has 0 fully saturated rings. The number of carbonyl (C=O) groups is 2. The fourth-order valence-electron chi connectivity index (χ4n) is 3.67. The minimum Gasteiger partial charge on any atom is -0.322 e. The van der Waals surface area contributed by atoms with Crippen LogP contribution in [0.5, 0.6) is 0 Å². The van der Waals surface area contributed by atoms with Crippen LogP contribution in [0.1, 0.15) is 22.7 Å². The summed E-state index contributed by atoms with van der Waals surface area (Å²) in [5, 5.41) is 6.19. The smallest absolute Gasteiger partial charge is 0.320 e. The van der Waals surface area contributed by atoms with Crippen molar-refractivity contribution in [1.82, 2.24) is 5.32 Å². The molecule has 0 aliphatic carbocycles. The lowest BCUT2D eigenvalue weighted by atomic mass is 10.1. The van der Waals surface area contributed by atoms with Gasteiger partial charge in [0.25, 0.3) is 5.91 Å². The number of halogens is 1. The molecule has 3 aromatic carbocycles. The van der Waals surface area contributed by atoms with E-state index in [2.05, 4.69) is 10.6 Å². The van der Waals surface area contributed by atoms with Crippen LogP contribution in [0, 0.1) is 6.92 Å². The summed E-state index contributed by atoms with van der Waals surface area (Å²) in [5.74, 6) is -0.163. The number of nitrogens with zero attached hydrogens (tertiary/aromatic N) is 1. The Kier molecular flexibility index (Phi) is 5.72. The highest BCUT2D eigenvalue weighted by Crippen LogP contribution is 2.30. The van der Waals surface area contributed by atoms with Gasteiger partial charge in [-0.25, -0.2) is 4.79 Å². The van der Waals surface area contributed by atoms with Gasteiger partial charge in [0, 0.05) is 22.9 Å². The second-order valence-electron chi connectivity index (χ2n) is 7.27. The van der Waals surface area contributed by atoms with E-state index in [1.54, 1.807) is 17.0 Å². The van der Waals surface area contributed by atoms with Crippen molar-refractivity contribution in [3.05, 3.63) is 94.5 Å². The highest BCUT2D eigenvalue weighted by atomic mass is 35.5. The third-order valence-electron chi connectivity index (χ3n) is 5.26. The Hall–Kier alpha value is -3.31. The highest BCUT2D eigenvalue weighted by molar-refractivity contribution is 6.31. The molecule has 0 unspecified atom stereocenters. The van der Waals surface area contributed by atoms with Crippen molar-refractivity contribution >= 4 is 34.9 Å². The summed E-state index contributed by atoms with van der Waals surface area (Å²) >= 11 is 6.05. The lowest BCUT2D eigenvalue weighted by Crippen LogP contribution is -2.44. The van der Waals surface area contributed by atoms with E-state index in [1.165, 1.54) is 0 Å². The molecule has 2 N–H and O–H groups in total. The third-order valence-corrected chi connectivity index (χ3v) is 5.49. The van der Waals surface area contributed by atoms with E-state index in [9.17, 15) is 9.59 Å². The number of para-hydroxylation sites is 1. The second kappa shape index (κ2) is 8.59. The number of aryl methyl sites for hydroxylation is 1. The Bertz CT molecular complexity index is 1080. The van der Waals surface area contributed by atoms with Crippen molar-refractivity contribution < 1.29 is 9.59 Å². The molecule has 0 saturated heterocycles. The zero-order chi connectivity index (χ0) is 21.1. The maximum atomic E-state index is 13.5. The van der Waals surface area contributed by atoms with Gasteiger partial charge in [-0.3, -0.25) is 4.79 Å². The van der Waals surface area contributed by atoms with Crippen LogP contribution in [0.3, 0.4) is 0 Å². The summed E-state index contributed by atoms with van der Waals surface area (Å²) in [4.78, 5) is 28.0. The molecular formula is C24H22ClN3O2. The van der Waals surface area contributed by atoms with Gasteiger partial charge in [0.1, 0.15) is 6.04 Å². The fraction of sp³-hybridized carbons (Fsp3) is 0.167. The Balaban J connectivity index is 1.59.